The standard InChI is InChI=1S/C30H53FN6O3/c1-4-39-28-16-25-23(15-26(28)36-29(38)9-7-13-37(2)3)30(20(17-32)18-34-25)35-21-10-11-27(24(31)14-21)40-19-22-8-5-6-12-33-22/h20-28,30,33-35H,4-16,18-19H2,1-3H3,(H,36,38). The number of hydrogen-bond donors (Lipinski definition) is 4. The van der Waals surface area contributed by atoms with Crippen molar-refractivity contribution in [3.63, 3.8) is 0 Å². The quantitative estimate of drug-likeness (QED) is 0.285. The van der Waals surface area contributed by atoms with E-state index in [4.69, 9.17) is 9.47 Å². The third kappa shape index (κ3) is 8.83. The molecule has 9 nitrogen and oxygen atoms in total. The number of fused-ring (bicyclic) bond motifs is 1. The molecule has 0 aromatic rings. The number of hydrogen-bond acceptors (Lipinski definition) is 8. The van der Waals surface area contributed by atoms with E-state index in [0.29, 0.717) is 45.1 Å². The summed E-state index contributed by atoms with van der Waals surface area (Å²) in [4.78, 5) is 14.9. The topological polar surface area (TPSA) is 111 Å². The van der Waals surface area contributed by atoms with E-state index >= 15 is 4.39 Å². The van der Waals surface area contributed by atoms with E-state index in [0.717, 1.165) is 45.2 Å². The molecule has 10 unspecified atom stereocenters. The third-order valence-corrected chi connectivity index (χ3v) is 9.44. The van der Waals surface area contributed by atoms with Crippen molar-refractivity contribution in [2.24, 2.45) is 11.8 Å². The van der Waals surface area contributed by atoms with Gasteiger partial charge in [-0.2, -0.15) is 5.26 Å². The van der Waals surface area contributed by atoms with Crippen LogP contribution in [0.25, 0.3) is 0 Å². The summed E-state index contributed by atoms with van der Waals surface area (Å²) in [6, 6.07) is 2.93. The summed E-state index contributed by atoms with van der Waals surface area (Å²) in [6.45, 7) is 5.68. The zero-order valence-corrected chi connectivity index (χ0v) is 24.9. The zero-order chi connectivity index (χ0) is 28.5. The summed E-state index contributed by atoms with van der Waals surface area (Å²) < 4.78 is 27.4. The van der Waals surface area contributed by atoms with Crippen molar-refractivity contribution >= 4 is 5.91 Å². The van der Waals surface area contributed by atoms with Gasteiger partial charge in [-0.3, -0.25) is 4.79 Å². The Labute approximate surface area is 240 Å². The molecule has 0 bridgehead atoms. The summed E-state index contributed by atoms with van der Waals surface area (Å²) in [6.07, 6.45) is 6.89. The highest BCUT2D eigenvalue weighted by atomic mass is 19.1. The molecule has 2 saturated heterocycles. The Bertz CT molecular complexity index is 822. The fourth-order valence-electron chi connectivity index (χ4n) is 7.29. The minimum atomic E-state index is -1.00. The molecular formula is C30H53FN6O3. The van der Waals surface area contributed by atoms with Gasteiger partial charge in [0.05, 0.1) is 36.8 Å². The van der Waals surface area contributed by atoms with Crippen LogP contribution in [0.1, 0.15) is 71.1 Å². The van der Waals surface area contributed by atoms with Crippen LogP contribution in [0.15, 0.2) is 0 Å². The molecule has 10 heteroatoms. The maximum absolute atomic E-state index is 15.3. The molecule has 0 spiro atoms. The van der Waals surface area contributed by atoms with Gasteiger partial charge < -0.3 is 35.6 Å². The number of nitrogens with one attached hydrogen (secondary N) is 4. The number of nitriles is 1. The normalized spacial score (nSPS) is 38.4. The smallest absolute Gasteiger partial charge is 0.220 e. The van der Waals surface area contributed by atoms with Crippen molar-refractivity contribution in [1.82, 2.24) is 26.2 Å². The molecule has 0 aromatic heterocycles. The van der Waals surface area contributed by atoms with E-state index in [2.05, 4.69) is 32.2 Å². The number of carbonyl (C=O) groups excluding carboxylic acids is 1. The van der Waals surface area contributed by atoms with Crippen LogP contribution < -0.4 is 21.3 Å². The van der Waals surface area contributed by atoms with Gasteiger partial charge in [0.15, 0.2) is 0 Å². The predicted octanol–water partition coefficient (Wildman–Crippen LogP) is 2.12. The number of halogens is 1. The Balaban J connectivity index is 1.34. The first-order valence-electron chi connectivity index (χ1n) is 15.8. The molecule has 4 rings (SSSR count). The molecular weight excluding hydrogens is 511 g/mol. The molecule has 40 heavy (non-hydrogen) atoms. The first-order chi connectivity index (χ1) is 19.4. The molecule has 0 radical (unpaired) electrons. The minimum Gasteiger partial charge on any atom is -0.376 e. The molecule has 4 aliphatic rings. The van der Waals surface area contributed by atoms with Gasteiger partial charge in [0.2, 0.25) is 5.91 Å². The van der Waals surface area contributed by atoms with Crippen LogP contribution in [-0.4, -0.2) is 106 Å². The number of rotatable bonds is 12. The monoisotopic (exact) mass is 564 g/mol. The van der Waals surface area contributed by atoms with E-state index in [1.807, 2.05) is 21.0 Å². The highest BCUT2D eigenvalue weighted by Gasteiger charge is 2.47. The van der Waals surface area contributed by atoms with Gasteiger partial charge in [0.1, 0.15) is 6.17 Å². The van der Waals surface area contributed by atoms with E-state index in [9.17, 15) is 10.1 Å². The van der Waals surface area contributed by atoms with Crippen LogP contribution >= 0.6 is 0 Å². The Morgan fingerprint density at radius 1 is 1.10 bits per heavy atom. The van der Waals surface area contributed by atoms with E-state index in [1.54, 1.807) is 0 Å². The SMILES string of the molecule is CCOC1CC2NCC(C#N)C(NC3CCC(OCC4CCCCN4)C(F)C3)C2CC1NC(=O)CCCN(C)C. The molecule has 2 aliphatic carbocycles. The lowest BCUT2D eigenvalue weighted by Crippen LogP contribution is -2.66. The van der Waals surface area contributed by atoms with Crippen LogP contribution in [0.5, 0.6) is 0 Å². The Morgan fingerprint density at radius 2 is 1.95 bits per heavy atom. The first kappa shape index (κ1) is 31.6. The lowest BCUT2D eigenvalue weighted by atomic mass is 9.69. The van der Waals surface area contributed by atoms with Crippen LogP contribution in [0, 0.1) is 23.2 Å². The molecule has 0 aromatic carbocycles. The van der Waals surface area contributed by atoms with Crippen molar-refractivity contribution in [1.29, 1.82) is 5.26 Å². The van der Waals surface area contributed by atoms with E-state index < -0.39 is 6.17 Å². The first-order valence-corrected chi connectivity index (χ1v) is 15.8. The Kier molecular flexibility index (Phi) is 12.4. The summed E-state index contributed by atoms with van der Waals surface area (Å²) in [7, 11) is 4.03. The van der Waals surface area contributed by atoms with E-state index in [1.165, 1.54) is 12.8 Å². The van der Waals surface area contributed by atoms with Gasteiger partial charge in [0, 0.05) is 43.7 Å². The highest BCUT2D eigenvalue weighted by Crippen LogP contribution is 2.36. The molecule has 4 fully saturated rings. The summed E-state index contributed by atoms with van der Waals surface area (Å²) in [5, 5.41) is 24.1. The van der Waals surface area contributed by atoms with Gasteiger partial charge in [-0.25, -0.2) is 4.39 Å². The number of ether oxygens (including phenoxy) is 2. The lowest BCUT2D eigenvalue weighted by molar-refractivity contribution is -0.124. The second-order valence-corrected chi connectivity index (χ2v) is 12.7. The second-order valence-electron chi connectivity index (χ2n) is 12.7. The van der Waals surface area contributed by atoms with Gasteiger partial charge in [-0.05, 0) is 91.4 Å². The van der Waals surface area contributed by atoms with Crippen molar-refractivity contribution in [2.45, 2.75) is 120 Å². The van der Waals surface area contributed by atoms with Crippen molar-refractivity contribution < 1.29 is 18.7 Å². The summed E-state index contributed by atoms with van der Waals surface area (Å²) >= 11 is 0. The van der Waals surface area contributed by atoms with Crippen LogP contribution in [0.2, 0.25) is 0 Å². The predicted molar refractivity (Wildman–Crippen MR) is 154 cm³/mol. The maximum Gasteiger partial charge on any atom is 0.220 e. The highest BCUT2D eigenvalue weighted by molar-refractivity contribution is 5.76. The van der Waals surface area contributed by atoms with E-state index in [-0.39, 0.29) is 54.1 Å². The Hall–Kier alpha value is -1.35. The number of piperidine rings is 2. The average Bonchev–Trinajstić information content (AvgIpc) is 2.94. The van der Waals surface area contributed by atoms with Crippen molar-refractivity contribution in [3.05, 3.63) is 0 Å². The molecule has 2 saturated carbocycles. The number of alkyl halides is 1. The fraction of sp³-hybridized carbons (Fsp3) is 0.933. The van der Waals surface area contributed by atoms with Crippen LogP contribution in [-0.2, 0) is 14.3 Å². The van der Waals surface area contributed by atoms with Crippen LogP contribution in [0.4, 0.5) is 4.39 Å². The molecule has 2 heterocycles. The molecule has 2 aliphatic heterocycles. The maximum atomic E-state index is 15.3. The fourth-order valence-corrected chi connectivity index (χ4v) is 7.29. The second kappa shape index (κ2) is 15.8. The summed E-state index contributed by atoms with van der Waals surface area (Å²) in [5.41, 5.74) is 0. The largest absolute Gasteiger partial charge is 0.376 e. The van der Waals surface area contributed by atoms with Gasteiger partial charge in [0.25, 0.3) is 0 Å². The Morgan fingerprint density at radius 3 is 2.65 bits per heavy atom. The van der Waals surface area contributed by atoms with Gasteiger partial charge in [-0.15, -0.1) is 0 Å². The van der Waals surface area contributed by atoms with Crippen molar-refractivity contribution in [2.75, 3.05) is 46.9 Å². The van der Waals surface area contributed by atoms with Crippen molar-refractivity contribution in [3.8, 4) is 6.07 Å². The molecule has 10 atom stereocenters. The third-order valence-electron chi connectivity index (χ3n) is 9.44. The number of amides is 1. The zero-order valence-electron chi connectivity index (χ0n) is 24.9. The summed E-state index contributed by atoms with van der Waals surface area (Å²) in [5.74, 6) is 0.0134. The van der Waals surface area contributed by atoms with Gasteiger partial charge in [-0.1, -0.05) is 6.42 Å². The minimum absolute atomic E-state index is 0.0194. The van der Waals surface area contributed by atoms with Crippen LogP contribution in [0.3, 0.4) is 0 Å². The molecule has 4 N–H and O–H groups in total. The average molecular weight is 565 g/mol. The number of carbonyl (C=O) groups is 1. The van der Waals surface area contributed by atoms with Gasteiger partial charge >= 0.3 is 0 Å². The number of nitrogens with zero attached hydrogens (tertiary/aromatic N) is 2. The molecule has 228 valence electrons. The molecule has 1 amide bonds. The lowest BCUT2D eigenvalue weighted by Gasteiger charge is -2.50.